The molecule has 0 aromatic carbocycles. The molecular formula is C92H161NO13. The Balaban J connectivity index is 1.59. The van der Waals surface area contributed by atoms with Crippen molar-refractivity contribution in [2.45, 2.75) is 434 Å². The van der Waals surface area contributed by atoms with Crippen LogP contribution in [0.2, 0.25) is 0 Å². The number of unbranched alkanes of at least 4 members (excludes halogenated alkanes) is 42. The summed E-state index contributed by atoms with van der Waals surface area (Å²) in [6.07, 6.45) is 92.9. The van der Waals surface area contributed by atoms with Crippen LogP contribution < -0.4 is 5.32 Å². The van der Waals surface area contributed by atoms with Crippen LogP contribution in [0.5, 0.6) is 0 Å². The molecule has 2 heterocycles. The van der Waals surface area contributed by atoms with E-state index in [2.05, 4.69) is 129 Å². The van der Waals surface area contributed by atoms with Gasteiger partial charge in [-0.2, -0.15) is 0 Å². The Morgan fingerprint density at radius 1 is 0.349 bits per heavy atom. The summed E-state index contributed by atoms with van der Waals surface area (Å²) in [5, 5.41) is 87.8. The first kappa shape index (κ1) is 98.5. The maximum atomic E-state index is 13.4. The molecule has 106 heavy (non-hydrogen) atoms. The lowest BCUT2D eigenvalue weighted by atomic mass is 9.97. The number of hydrogen-bond acceptors (Lipinski definition) is 13. The third-order valence-electron chi connectivity index (χ3n) is 20.7. The van der Waals surface area contributed by atoms with Crippen molar-refractivity contribution >= 4 is 5.91 Å². The third kappa shape index (κ3) is 55.7. The van der Waals surface area contributed by atoms with E-state index in [0.717, 1.165) is 103 Å². The van der Waals surface area contributed by atoms with Crippen molar-refractivity contribution in [1.29, 1.82) is 0 Å². The third-order valence-corrected chi connectivity index (χ3v) is 20.7. The van der Waals surface area contributed by atoms with Crippen LogP contribution in [-0.4, -0.2) is 140 Å². The van der Waals surface area contributed by atoms with Crippen LogP contribution in [-0.2, 0) is 23.7 Å². The summed E-state index contributed by atoms with van der Waals surface area (Å²) < 4.78 is 23.0. The van der Waals surface area contributed by atoms with Crippen molar-refractivity contribution in [3.63, 3.8) is 0 Å². The molecule has 2 saturated heterocycles. The van der Waals surface area contributed by atoms with Gasteiger partial charge in [0.15, 0.2) is 12.6 Å². The second kappa shape index (κ2) is 74.2. The van der Waals surface area contributed by atoms with Crippen LogP contribution >= 0.6 is 0 Å². The topological polar surface area (TPSA) is 228 Å². The van der Waals surface area contributed by atoms with Crippen molar-refractivity contribution in [3.8, 4) is 0 Å². The minimum atomic E-state index is -1.79. The van der Waals surface area contributed by atoms with Crippen molar-refractivity contribution in [3.05, 3.63) is 122 Å². The number of carbonyl (C=O) groups is 1. The SMILES string of the molecule is CC/C=C\C/C=C\C/C=C\C/C=C\C/C=C\C/C=C\C/C=C\C/C=C\C/C=C\CCCCCCCCCCCCCCCC(=O)NC(COC1OC(CO)C(OC2OC(CO)C(O)C(O)C2O)C(O)C1O)C(O)/C=C/CCCCCCCCCCCCCCCCCCCCCCCCCCCCCCC. The lowest BCUT2D eigenvalue weighted by Crippen LogP contribution is -2.65. The van der Waals surface area contributed by atoms with E-state index in [9.17, 15) is 45.6 Å². The number of aliphatic hydroxyl groups excluding tert-OH is 8. The molecule has 12 unspecified atom stereocenters. The zero-order valence-corrected chi connectivity index (χ0v) is 67.4. The van der Waals surface area contributed by atoms with Gasteiger partial charge in [0.1, 0.15) is 48.8 Å². The molecule has 12 atom stereocenters. The summed E-state index contributed by atoms with van der Waals surface area (Å²) in [6, 6.07) is -0.925. The van der Waals surface area contributed by atoms with Crippen molar-refractivity contribution in [1.82, 2.24) is 5.32 Å². The molecule has 2 rings (SSSR count). The molecule has 0 saturated carbocycles. The average Bonchev–Trinajstić information content (AvgIpc) is 0.790. The first-order valence-corrected chi connectivity index (χ1v) is 43.8. The van der Waals surface area contributed by atoms with E-state index in [1.165, 1.54) is 231 Å². The Bertz CT molecular complexity index is 2260. The van der Waals surface area contributed by atoms with Gasteiger partial charge in [-0.15, -0.1) is 0 Å². The van der Waals surface area contributed by atoms with Crippen LogP contribution in [0.1, 0.15) is 361 Å². The quantitative estimate of drug-likeness (QED) is 0.0204. The van der Waals surface area contributed by atoms with Gasteiger partial charge in [-0.3, -0.25) is 4.79 Å². The number of aliphatic hydroxyl groups is 8. The van der Waals surface area contributed by atoms with Crippen LogP contribution in [0, 0.1) is 0 Å². The molecule has 14 nitrogen and oxygen atoms in total. The molecule has 0 radical (unpaired) electrons. The molecule has 0 spiro atoms. The predicted octanol–water partition coefficient (Wildman–Crippen LogP) is 21.1. The highest BCUT2D eigenvalue weighted by atomic mass is 16.7. The largest absolute Gasteiger partial charge is 0.394 e. The molecule has 0 aromatic rings. The molecule has 2 aliphatic heterocycles. The van der Waals surface area contributed by atoms with Crippen molar-refractivity contribution < 1.29 is 64.6 Å². The Hall–Kier alpha value is -3.61. The molecule has 9 N–H and O–H groups in total. The van der Waals surface area contributed by atoms with Crippen LogP contribution in [0.15, 0.2) is 122 Å². The minimum Gasteiger partial charge on any atom is -0.394 e. The number of rotatable bonds is 73. The smallest absolute Gasteiger partial charge is 0.220 e. The maximum Gasteiger partial charge on any atom is 0.220 e. The molecule has 0 bridgehead atoms. The Morgan fingerprint density at radius 3 is 1.00 bits per heavy atom. The lowest BCUT2D eigenvalue weighted by Gasteiger charge is -2.46. The number of carbonyl (C=O) groups excluding carboxylic acids is 1. The molecule has 0 aliphatic carbocycles. The number of hydrogen-bond donors (Lipinski definition) is 9. The van der Waals surface area contributed by atoms with Gasteiger partial charge in [0.2, 0.25) is 5.91 Å². The fourth-order valence-electron chi connectivity index (χ4n) is 13.8. The van der Waals surface area contributed by atoms with Crippen LogP contribution in [0.3, 0.4) is 0 Å². The Morgan fingerprint density at radius 2 is 0.651 bits per heavy atom. The summed E-state index contributed by atoms with van der Waals surface area (Å²) >= 11 is 0. The summed E-state index contributed by atoms with van der Waals surface area (Å²) in [5.74, 6) is -0.240. The summed E-state index contributed by atoms with van der Waals surface area (Å²) in [7, 11) is 0. The average molecular weight is 1490 g/mol. The Kier molecular flexibility index (Phi) is 68.9. The van der Waals surface area contributed by atoms with Gasteiger partial charge in [0.25, 0.3) is 0 Å². The second-order valence-corrected chi connectivity index (χ2v) is 30.3. The molecule has 2 fully saturated rings. The molecular weight excluding hydrogens is 1330 g/mol. The fraction of sp³-hybridized carbons (Fsp3) is 0.772. The highest BCUT2D eigenvalue weighted by molar-refractivity contribution is 5.76. The van der Waals surface area contributed by atoms with E-state index in [1.807, 2.05) is 6.08 Å². The zero-order valence-electron chi connectivity index (χ0n) is 67.4. The molecule has 0 aromatic heterocycles. The van der Waals surface area contributed by atoms with Gasteiger partial charge in [-0.05, 0) is 89.9 Å². The minimum absolute atomic E-state index is 0.240. The van der Waals surface area contributed by atoms with Gasteiger partial charge in [-0.25, -0.2) is 0 Å². The van der Waals surface area contributed by atoms with E-state index < -0.39 is 86.8 Å². The molecule has 2 aliphatic rings. The number of allylic oxidation sites excluding steroid dienone is 19. The Labute approximate surface area is 648 Å². The molecule has 1 amide bonds. The van der Waals surface area contributed by atoms with Gasteiger partial charge in [0.05, 0.1) is 32.0 Å². The monoisotopic (exact) mass is 1490 g/mol. The first-order valence-electron chi connectivity index (χ1n) is 43.8. The highest BCUT2D eigenvalue weighted by Gasteiger charge is 2.51. The first-order chi connectivity index (χ1) is 52.1. The van der Waals surface area contributed by atoms with Gasteiger partial charge in [-0.1, -0.05) is 386 Å². The van der Waals surface area contributed by atoms with Crippen molar-refractivity contribution in [2.24, 2.45) is 0 Å². The summed E-state index contributed by atoms with van der Waals surface area (Å²) in [4.78, 5) is 13.4. The van der Waals surface area contributed by atoms with Gasteiger partial charge < -0.3 is 65.1 Å². The van der Waals surface area contributed by atoms with Crippen LogP contribution in [0.25, 0.3) is 0 Å². The number of amides is 1. The van der Waals surface area contributed by atoms with Crippen molar-refractivity contribution in [2.75, 3.05) is 19.8 Å². The second-order valence-electron chi connectivity index (χ2n) is 30.3. The summed E-state index contributed by atoms with van der Waals surface area (Å²) in [5.41, 5.74) is 0. The van der Waals surface area contributed by atoms with E-state index in [1.54, 1.807) is 6.08 Å². The van der Waals surface area contributed by atoms with E-state index >= 15 is 0 Å². The van der Waals surface area contributed by atoms with E-state index in [0.29, 0.717) is 6.42 Å². The maximum absolute atomic E-state index is 13.4. The normalized spacial score (nSPS) is 21.9. The van der Waals surface area contributed by atoms with Gasteiger partial charge in [0, 0.05) is 6.42 Å². The zero-order chi connectivity index (χ0) is 76.5. The summed E-state index contributed by atoms with van der Waals surface area (Å²) in [6.45, 7) is 2.73. The van der Waals surface area contributed by atoms with Gasteiger partial charge >= 0.3 is 0 Å². The lowest BCUT2D eigenvalue weighted by molar-refractivity contribution is -0.359. The van der Waals surface area contributed by atoms with Crippen LogP contribution in [0.4, 0.5) is 0 Å². The predicted molar refractivity (Wildman–Crippen MR) is 442 cm³/mol. The number of ether oxygens (including phenoxy) is 4. The fourth-order valence-corrected chi connectivity index (χ4v) is 13.8. The van der Waals surface area contributed by atoms with E-state index in [-0.39, 0.29) is 18.9 Å². The molecule has 14 heteroatoms. The van der Waals surface area contributed by atoms with E-state index in [4.69, 9.17) is 18.9 Å². The highest BCUT2D eigenvalue weighted by Crippen LogP contribution is 2.30. The molecule has 612 valence electrons. The number of nitrogens with one attached hydrogen (secondary N) is 1. The standard InChI is InChI=1S/C92H161NO13/c1-3-5-7-9-11-13-15-17-19-21-23-25-27-29-31-33-35-36-37-38-39-40-41-42-43-44-46-48-50-52-54-56-58-60-62-64-66-68-70-72-74-76-84(97)93-80(79-103-91-89(102)87(100)90(83(78-95)105-91)106-92-88(101)86(99)85(98)82(77-94)104-92)81(96)75-73-71-69-67-65-63-61-59-57-55-53-51-49-47-45-34-32-30-28-26-24-22-20-18-16-14-12-10-8-6-4-2/h5,7,11,13,17,19,23,25,29,31,35-36,38-39,41-42,44,46,73,75,80-83,85-92,94-96,98-102H,3-4,6,8-10,12,14-16,18,20-22,24,26-28,30,32-34,37,40,43,45,47-72,74,76-79H2,1-2H3,(H,93,97)/b7-5-,13-11-,19-17-,25-23-,31-29-,36-35-,39-38-,42-41-,46-44-,75-73+.